The molecule has 1 heterocycles. The molecule has 3 heteroatoms. The number of hydrogen-bond acceptors (Lipinski definition) is 1. The highest BCUT2D eigenvalue weighted by molar-refractivity contribution is 9.10. The van der Waals surface area contributed by atoms with E-state index in [-0.39, 0.29) is 0 Å². The number of para-hydroxylation sites is 1. The summed E-state index contributed by atoms with van der Waals surface area (Å²) in [4.78, 5) is 2.43. The predicted molar refractivity (Wildman–Crippen MR) is 157 cm³/mol. The number of aryl methyl sites for hydroxylation is 2. The molecule has 36 heavy (non-hydrogen) atoms. The maximum absolute atomic E-state index is 3.80. The van der Waals surface area contributed by atoms with Crippen molar-refractivity contribution < 1.29 is 0 Å². The van der Waals surface area contributed by atoms with Crippen molar-refractivity contribution in [3.8, 4) is 11.1 Å². The summed E-state index contributed by atoms with van der Waals surface area (Å²) in [5, 5.41) is 0. The second-order valence-electron chi connectivity index (χ2n) is 9.84. The van der Waals surface area contributed by atoms with E-state index in [1.807, 2.05) is 0 Å². The van der Waals surface area contributed by atoms with Crippen LogP contribution in [0.3, 0.4) is 0 Å². The Morgan fingerprint density at radius 1 is 0.528 bits per heavy atom. The summed E-state index contributed by atoms with van der Waals surface area (Å²) in [6.07, 6.45) is 0. The average molecular weight is 593 g/mol. The van der Waals surface area contributed by atoms with Crippen LogP contribution in [-0.4, -0.2) is 0 Å². The number of fused-ring (bicyclic) bond motifs is 9. The molecule has 174 valence electrons. The minimum atomic E-state index is -0.419. The van der Waals surface area contributed by atoms with E-state index in [1.54, 1.807) is 0 Å². The fourth-order valence-electron chi connectivity index (χ4n) is 6.23. The van der Waals surface area contributed by atoms with Crippen molar-refractivity contribution in [1.82, 2.24) is 0 Å². The molecule has 0 aromatic heterocycles. The van der Waals surface area contributed by atoms with E-state index in [4.69, 9.17) is 0 Å². The molecule has 5 aromatic carbocycles. The van der Waals surface area contributed by atoms with Crippen LogP contribution in [0.4, 0.5) is 17.1 Å². The van der Waals surface area contributed by atoms with Gasteiger partial charge in [0.25, 0.3) is 0 Å². The summed E-state index contributed by atoms with van der Waals surface area (Å²) in [5.74, 6) is 0. The number of halogens is 2. The lowest BCUT2D eigenvalue weighted by atomic mass is 9.64. The first-order valence-corrected chi connectivity index (χ1v) is 13.7. The molecule has 1 aliphatic carbocycles. The highest BCUT2D eigenvalue weighted by Crippen LogP contribution is 2.63. The molecule has 0 unspecified atom stereocenters. The van der Waals surface area contributed by atoms with E-state index in [0.717, 1.165) is 8.95 Å². The Morgan fingerprint density at radius 3 is 1.78 bits per heavy atom. The maximum Gasteiger partial charge on any atom is 0.0755 e. The van der Waals surface area contributed by atoms with Gasteiger partial charge >= 0.3 is 0 Å². The number of hydrogen-bond donors (Lipinski definition) is 0. The zero-order valence-electron chi connectivity index (χ0n) is 20.0. The minimum absolute atomic E-state index is 0.419. The lowest BCUT2D eigenvalue weighted by Gasteiger charge is -2.45. The molecule has 0 saturated carbocycles. The number of benzene rings is 5. The Kier molecular flexibility index (Phi) is 4.86. The highest BCUT2D eigenvalue weighted by atomic mass is 79.9. The van der Waals surface area contributed by atoms with Gasteiger partial charge in [0.2, 0.25) is 0 Å². The van der Waals surface area contributed by atoms with Crippen LogP contribution in [0.25, 0.3) is 11.1 Å². The van der Waals surface area contributed by atoms with Crippen molar-refractivity contribution in [2.75, 3.05) is 4.90 Å². The summed E-state index contributed by atoms with van der Waals surface area (Å²) in [5.41, 5.74) is 13.6. The van der Waals surface area contributed by atoms with E-state index in [1.165, 1.54) is 61.6 Å². The van der Waals surface area contributed by atoms with E-state index >= 15 is 0 Å². The van der Waals surface area contributed by atoms with Gasteiger partial charge in [-0.25, -0.2) is 0 Å². The van der Waals surface area contributed by atoms with Gasteiger partial charge in [0.15, 0.2) is 0 Å². The molecule has 1 spiro atoms. The smallest absolute Gasteiger partial charge is 0.0755 e. The third-order valence-electron chi connectivity index (χ3n) is 7.70. The standard InChI is InChI=1S/C33H23Br2N/c1-20-7-12-24(13-8-20)36-31-6-4-3-5-27(31)33(30-17-21(2)9-16-32(30)36)28-18-22(34)10-14-25(28)26-15-11-23(35)19-29(26)33/h3-19H,1-2H3. The van der Waals surface area contributed by atoms with Gasteiger partial charge in [0.05, 0.1) is 16.8 Å². The highest BCUT2D eigenvalue weighted by Gasteiger charge is 2.51. The SMILES string of the molecule is Cc1ccc(N2c3ccccc3C3(c4cc(Br)ccc4-c4ccc(Br)cc43)c3cc(C)ccc32)cc1. The molecular weight excluding hydrogens is 570 g/mol. The second kappa shape index (κ2) is 7.93. The molecule has 0 fully saturated rings. The Morgan fingerprint density at radius 2 is 1.11 bits per heavy atom. The first-order chi connectivity index (χ1) is 17.5. The molecule has 5 aromatic rings. The van der Waals surface area contributed by atoms with E-state index in [9.17, 15) is 0 Å². The van der Waals surface area contributed by atoms with Crippen LogP contribution < -0.4 is 4.90 Å². The topological polar surface area (TPSA) is 3.24 Å². The van der Waals surface area contributed by atoms with Crippen LogP contribution in [0.1, 0.15) is 33.4 Å². The Labute approximate surface area is 228 Å². The predicted octanol–water partition coefficient (Wildman–Crippen LogP) is 9.97. The molecule has 0 bridgehead atoms. The number of nitrogens with zero attached hydrogens (tertiary/aromatic N) is 1. The summed E-state index contributed by atoms with van der Waals surface area (Å²) in [6.45, 7) is 4.34. The fourth-order valence-corrected chi connectivity index (χ4v) is 6.95. The molecular formula is C33H23Br2N. The minimum Gasteiger partial charge on any atom is -0.310 e. The van der Waals surface area contributed by atoms with Crippen molar-refractivity contribution >= 4 is 48.9 Å². The Bertz CT molecular complexity index is 1630. The largest absolute Gasteiger partial charge is 0.310 e. The molecule has 0 atom stereocenters. The monoisotopic (exact) mass is 591 g/mol. The van der Waals surface area contributed by atoms with E-state index in [2.05, 4.69) is 154 Å². The van der Waals surface area contributed by atoms with Gasteiger partial charge in [0.1, 0.15) is 0 Å². The Hall–Kier alpha value is -3.14. The van der Waals surface area contributed by atoms with Gasteiger partial charge in [-0.05, 0) is 95.8 Å². The molecule has 0 saturated heterocycles. The molecule has 1 aliphatic heterocycles. The molecule has 7 rings (SSSR count). The van der Waals surface area contributed by atoms with Crippen LogP contribution in [0.5, 0.6) is 0 Å². The zero-order chi connectivity index (χ0) is 24.6. The van der Waals surface area contributed by atoms with Crippen molar-refractivity contribution in [2.45, 2.75) is 19.3 Å². The van der Waals surface area contributed by atoms with Crippen LogP contribution in [0.2, 0.25) is 0 Å². The fraction of sp³-hybridized carbons (Fsp3) is 0.0909. The van der Waals surface area contributed by atoms with Gasteiger partial charge < -0.3 is 4.90 Å². The van der Waals surface area contributed by atoms with E-state index < -0.39 is 5.41 Å². The number of anilines is 3. The third-order valence-corrected chi connectivity index (χ3v) is 8.69. The summed E-state index contributed by atoms with van der Waals surface area (Å²) in [7, 11) is 0. The van der Waals surface area contributed by atoms with Crippen molar-refractivity contribution in [3.63, 3.8) is 0 Å². The second-order valence-corrected chi connectivity index (χ2v) is 11.7. The van der Waals surface area contributed by atoms with Crippen LogP contribution >= 0.6 is 31.9 Å². The van der Waals surface area contributed by atoms with Gasteiger partial charge in [-0.2, -0.15) is 0 Å². The van der Waals surface area contributed by atoms with Gasteiger partial charge in [-0.3, -0.25) is 0 Å². The molecule has 2 aliphatic rings. The average Bonchev–Trinajstić information content (AvgIpc) is 3.15. The molecule has 0 radical (unpaired) electrons. The number of rotatable bonds is 1. The van der Waals surface area contributed by atoms with Crippen LogP contribution in [0, 0.1) is 13.8 Å². The molecule has 0 amide bonds. The quantitative estimate of drug-likeness (QED) is 0.183. The summed E-state index contributed by atoms with van der Waals surface area (Å²) >= 11 is 7.61. The van der Waals surface area contributed by atoms with Crippen LogP contribution in [-0.2, 0) is 5.41 Å². The summed E-state index contributed by atoms with van der Waals surface area (Å²) in [6, 6.07) is 38.2. The van der Waals surface area contributed by atoms with Gasteiger partial charge in [-0.1, -0.05) is 97.6 Å². The van der Waals surface area contributed by atoms with Crippen molar-refractivity contribution in [3.05, 3.63) is 145 Å². The summed E-state index contributed by atoms with van der Waals surface area (Å²) < 4.78 is 2.19. The third kappa shape index (κ3) is 2.93. The van der Waals surface area contributed by atoms with Gasteiger partial charge in [-0.15, -0.1) is 0 Å². The maximum atomic E-state index is 3.80. The lowest BCUT2D eigenvalue weighted by molar-refractivity contribution is 0.750. The van der Waals surface area contributed by atoms with Gasteiger partial charge in [0, 0.05) is 14.6 Å². The van der Waals surface area contributed by atoms with Crippen molar-refractivity contribution in [2.24, 2.45) is 0 Å². The van der Waals surface area contributed by atoms with Crippen LogP contribution in [0.15, 0.2) is 112 Å². The zero-order valence-corrected chi connectivity index (χ0v) is 23.2. The Balaban J connectivity index is 1.67. The lowest BCUT2D eigenvalue weighted by Crippen LogP contribution is -2.36. The first kappa shape index (κ1) is 22.1. The normalized spacial score (nSPS) is 14.3. The van der Waals surface area contributed by atoms with E-state index in [0.29, 0.717) is 0 Å². The molecule has 1 nitrogen and oxygen atoms in total. The molecule has 0 N–H and O–H groups in total. The first-order valence-electron chi connectivity index (χ1n) is 12.2. The van der Waals surface area contributed by atoms with Crippen molar-refractivity contribution in [1.29, 1.82) is 0 Å².